The standard InChI is InChI=1S/C13H19BrO/c1-10-5-6-11(2)12(7-10)15-9-13(3,4)8-14/h5-7H,8-9H2,1-4H3. The fourth-order valence-corrected chi connectivity index (χ4v) is 1.34. The third-order valence-electron chi connectivity index (χ3n) is 2.32. The molecule has 0 spiro atoms. The van der Waals surface area contributed by atoms with Crippen LogP contribution in [0.3, 0.4) is 0 Å². The van der Waals surface area contributed by atoms with Crippen LogP contribution in [0.4, 0.5) is 0 Å². The highest BCUT2D eigenvalue weighted by molar-refractivity contribution is 9.09. The van der Waals surface area contributed by atoms with Crippen LogP contribution in [0.25, 0.3) is 0 Å². The fourth-order valence-electron chi connectivity index (χ4n) is 1.17. The molecule has 1 aromatic rings. The van der Waals surface area contributed by atoms with Gasteiger partial charge in [0.25, 0.3) is 0 Å². The maximum Gasteiger partial charge on any atom is 0.122 e. The molecule has 0 fully saturated rings. The van der Waals surface area contributed by atoms with Crippen LogP contribution in [0.15, 0.2) is 18.2 Å². The highest BCUT2D eigenvalue weighted by Gasteiger charge is 2.17. The Balaban J connectivity index is 2.69. The Bertz CT molecular complexity index is 331. The van der Waals surface area contributed by atoms with Gasteiger partial charge in [-0.1, -0.05) is 41.9 Å². The number of hydrogen-bond donors (Lipinski definition) is 0. The Labute approximate surface area is 101 Å². The van der Waals surface area contributed by atoms with Crippen LogP contribution < -0.4 is 4.74 Å². The Kier molecular flexibility index (Phi) is 4.21. The van der Waals surface area contributed by atoms with E-state index in [2.05, 4.69) is 61.8 Å². The monoisotopic (exact) mass is 270 g/mol. The normalized spacial score (nSPS) is 11.5. The average Bonchev–Trinajstić information content (AvgIpc) is 2.20. The van der Waals surface area contributed by atoms with Gasteiger partial charge in [-0.3, -0.25) is 0 Å². The Morgan fingerprint density at radius 3 is 2.53 bits per heavy atom. The predicted molar refractivity (Wildman–Crippen MR) is 69.0 cm³/mol. The summed E-state index contributed by atoms with van der Waals surface area (Å²) in [5, 5.41) is 0.949. The van der Waals surface area contributed by atoms with Gasteiger partial charge in [-0.25, -0.2) is 0 Å². The molecule has 0 bridgehead atoms. The highest BCUT2D eigenvalue weighted by atomic mass is 79.9. The SMILES string of the molecule is Cc1ccc(C)c(OCC(C)(C)CBr)c1. The van der Waals surface area contributed by atoms with E-state index in [9.17, 15) is 0 Å². The molecule has 0 radical (unpaired) electrons. The number of hydrogen-bond acceptors (Lipinski definition) is 1. The smallest absolute Gasteiger partial charge is 0.122 e. The first-order valence-electron chi connectivity index (χ1n) is 5.21. The largest absolute Gasteiger partial charge is 0.493 e. The third kappa shape index (κ3) is 3.86. The van der Waals surface area contributed by atoms with Gasteiger partial charge in [0, 0.05) is 10.7 Å². The van der Waals surface area contributed by atoms with E-state index in [1.165, 1.54) is 11.1 Å². The third-order valence-corrected chi connectivity index (χ3v) is 3.84. The minimum atomic E-state index is 0.177. The molecule has 1 rings (SSSR count). The number of ether oxygens (including phenoxy) is 1. The number of aryl methyl sites for hydroxylation is 2. The summed E-state index contributed by atoms with van der Waals surface area (Å²) in [7, 11) is 0. The Hall–Kier alpha value is -0.500. The Morgan fingerprint density at radius 1 is 1.27 bits per heavy atom. The van der Waals surface area contributed by atoms with E-state index in [1.807, 2.05) is 0 Å². The first-order chi connectivity index (χ1) is 6.94. The van der Waals surface area contributed by atoms with E-state index in [0.717, 1.165) is 17.7 Å². The molecular formula is C13H19BrO. The molecule has 84 valence electrons. The highest BCUT2D eigenvalue weighted by Crippen LogP contribution is 2.24. The van der Waals surface area contributed by atoms with Crippen LogP contribution in [-0.4, -0.2) is 11.9 Å². The van der Waals surface area contributed by atoms with Crippen LogP contribution in [0.2, 0.25) is 0 Å². The van der Waals surface area contributed by atoms with Crippen molar-refractivity contribution in [2.45, 2.75) is 27.7 Å². The van der Waals surface area contributed by atoms with E-state index in [-0.39, 0.29) is 5.41 Å². The molecule has 1 nitrogen and oxygen atoms in total. The van der Waals surface area contributed by atoms with Crippen molar-refractivity contribution in [1.29, 1.82) is 0 Å². The summed E-state index contributed by atoms with van der Waals surface area (Å²) in [5.74, 6) is 1.00. The summed E-state index contributed by atoms with van der Waals surface area (Å²) in [6.07, 6.45) is 0. The lowest BCUT2D eigenvalue weighted by molar-refractivity contribution is 0.202. The first kappa shape index (κ1) is 12.6. The second kappa shape index (κ2) is 5.02. The number of halogens is 1. The second-order valence-corrected chi connectivity index (χ2v) is 5.42. The lowest BCUT2D eigenvalue weighted by Gasteiger charge is -2.22. The fraction of sp³-hybridized carbons (Fsp3) is 0.538. The molecule has 0 aliphatic rings. The van der Waals surface area contributed by atoms with Gasteiger partial charge >= 0.3 is 0 Å². The van der Waals surface area contributed by atoms with Crippen molar-refractivity contribution in [3.05, 3.63) is 29.3 Å². The van der Waals surface area contributed by atoms with E-state index in [4.69, 9.17) is 4.74 Å². The zero-order valence-electron chi connectivity index (χ0n) is 9.93. The van der Waals surface area contributed by atoms with Gasteiger partial charge in [0.1, 0.15) is 5.75 Å². The van der Waals surface area contributed by atoms with Crippen LogP contribution >= 0.6 is 15.9 Å². The topological polar surface area (TPSA) is 9.23 Å². The van der Waals surface area contributed by atoms with Crippen LogP contribution in [-0.2, 0) is 0 Å². The number of alkyl halides is 1. The quantitative estimate of drug-likeness (QED) is 0.749. The lowest BCUT2D eigenvalue weighted by Crippen LogP contribution is -2.23. The first-order valence-corrected chi connectivity index (χ1v) is 6.33. The zero-order valence-corrected chi connectivity index (χ0v) is 11.5. The van der Waals surface area contributed by atoms with Crippen LogP contribution in [0.1, 0.15) is 25.0 Å². The lowest BCUT2D eigenvalue weighted by atomic mass is 9.98. The molecule has 1 aromatic carbocycles. The summed E-state index contributed by atoms with van der Waals surface area (Å²) in [4.78, 5) is 0. The summed E-state index contributed by atoms with van der Waals surface area (Å²) < 4.78 is 5.84. The summed E-state index contributed by atoms with van der Waals surface area (Å²) in [6.45, 7) is 9.28. The zero-order chi connectivity index (χ0) is 11.5. The minimum absolute atomic E-state index is 0.177. The van der Waals surface area contributed by atoms with Crippen LogP contribution in [0.5, 0.6) is 5.75 Å². The van der Waals surface area contributed by atoms with Gasteiger partial charge in [-0.05, 0) is 31.0 Å². The van der Waals surface area contributed by atoms with Crippen molar-refractivity contribution in [3.63, 3.8) is 0 Å². The van der Waals surface area contributed by atoms with Crippen molar-refractivity contribution in [3.8, 4) is 5.75 Å². The molecule has 0 N–H and O–H groups in total. The number of rotatable bonds is 4. The molecular weight excluding hydrogens is 252 g/mol. The molecule has 0 aliphatic carbocycles. The van der Waals surface area contributed by atoms with Gasteiger partial charge < -0.3 is 4.74 Å². The molecule has 0 unspecified atom stereocenters. The van der Waals surface area contributed by atoms with Crippen molar-refractivity contribution in [2.24, 2.45) is 5.41 Å². The van der Waals surface area contributed by atoms with Gasteiger partial charge in [0.15, 0.2) is 0 Å². The average molecular weight is 271 g/mol. The number of benzene rings is 1. The minimum Gasteiger partial charge on any atom is -0.493 e. The second-order valence-electron chi connectivity index (χ2n) is 4.86. The molecule has 0 saturated heterocycles. The van der Waals surface area contributed by atoms with E-state index in [1.54, 1.807) is 0 Å². The molecule has 0 aromatic heterocycles. The maximum atomic E-state index is 5.84. The molecule has 0 heterocycles. The molecule has 0 aliphatic heterocycles. The van der Waals surface area contributed by atoms with E-state index >= 15 is 0 Å². The summed E-state index contributed by atoms with van der Waals surface area (Å²) in [6, 6.07) is 6.31. The van der Waals surface area contributed by atoms with Gasteiger partial charge in [-0.2, -0.15) is 0 Å². The maximum absolute atomic E-state index is 5.84. The molecule has 0 atom stereocenters. The van der Waals surface area contributed by atoms with Crippen molar-refractivity contribution >= 4 is 15.9 Å². The Morgan fingerprint density at radius 2 is 1.93 bits per heavy atom. The van der Waals surface area contributed by atoms with Gasteiger partial charge in [-0.15, -0.1) is 0 Å². The van der Waals surface area contributed by atoms with Crippen molar-refractivity contribution < 1.29 is 4.74 Å². The molecule has 15 heavy (non-hydrogen) atoms. The van der Waals surface area contributed by atoms with Crippen LogP contribution in [0, 0.1) is 19.3 Å². The van der Waals surface area contributed by atoms with Crippen molar-refractivity contribution in [1.82, 2.24) is 0 Å². The molecule has 2 heteroatoms. The molecule has 0 amide bonds. The summed E-state index contributed by atoms with van der Waals surface area (Å²) in [5.41, 5.74) is 2.62. The van der Waals surface area contributed by atoms with Gasteiger partial charge in [0.2, 0.25) is 0 Å². The van der Waals surface area contributed by atoms with E-state index in [0.29, 0.717) is 0 Å². The molecule has 0 saturated carbocycles. The van der Waals surface area contributed by atoms with E-state index < -0.39 is 0 Å². The van der Waals surface area contributed by atoms with Crippen molar-refractivity contribution in [2.75, 3.05) is 11.9 Å². The predicted octanol–water partition coefficient (Wildman–Crippen LogP) is 4.10. The van der Waals surface area contributed by atoms with Gasteiger partial charge in [0.05, 0.1) is 6.61 Å². The summed E-state index contributed by atoms with van der Waals surface area (Å²) >= 11 is 3.50.